The van der Waals surface area contributed by atoms with Gasteiger partial charge in [-0.25, -0.2) is 0 Å². The molecular weight excluding hydrogens is 439 g/mol. The maximum Gasteiger partial charge on any atom is 0.253 e. The van der Waals surface area contributed by atoms with Crippen molar-refractivity contribution in [1.82, 2.24) is 10.3 Å². The number of para-hydroxylation sites is 1. The van der Waals surface area contributed by atoms with E-state index in [1.165, 1.54) is 9.07 Å². The fourth-order valence-electron chi connectivity index (χ4n) is 3.28. The van der Waals surface area contributed by atoms with Crippen molar-refractivity contribution >= 4 is 35.7 Å². The van der Waals surface area contributed by atoms with Gasteiger partial charge in [0.25, 0.3) is 5.91 Å². The van der Waals surface area contributed by atoms with Crippen LogP contribution in [0.4, 0.5) is 0 Å². The number of allylic oxidation sites excluding steroid dienone is 3. The van der Waals surface area contributed by atoms with E-state index in [9.17, 15) is 4.79 Å². The van der Waals surface area contributed by atoms with E-state index in [4.69, 9.17) is 4.74 Å². The van der Waals surface area contributed by atoms with Crippen LogP contribution in [0.5, 0.6) is 5.75 Å². The average Bonchev–Trinajstić information content (AvgIpc) is 2.94. The Hall–Kier alpha value is -2.15. The molecule has 4 rings (SSSR count). The number of rotatable bonds is 4. The summed E-state index contributed by atoms with van der Waals surface area (Å²) in [6, 6.07) is 10.3. The van der Waals surface area contributed by atoms with Gasteiger partial charge in [-0.3, -0.25) is 4.79 Å². The zero-order valence-corrected chi connectivity index (χ0v) is 16.8. The quantitative estimate of drug-likeness (QED) is 0.673. The SMILES string of the molecule is CCOc1ccccc1C1=IC=CC(c2cc3c([nH]2)CCNC3=O)=CC1. The van der Waals surface area contributed by atoms with E-state index in [-0.39, 0.29) is 26.6 Å². The number of carbonyl (C=O) groups is 1. The van der Waals surface area contributed by atoms with Crippen molar-refractivity contribution in [2.75, 3.05) is 13.2 Å². The molecule has 2 aliphatic rings. The summed E-state index contributed by atoms with van der Waals surface area (Å²) in [5.74, 6) is 0.999. The zero-order valence-electron chi connectivity index (χ0n) is 14.6. The molecule has 2 N–H and O–H groups in total. The monoisotopic (exact) mass is 460 g/mol. The Morgan fingerprint density at radius 3 is 2.96 bits per heavy atom. The largest absolute Gasteiger partial charge is 0.493 e. The van der Waals surface area contributed by atoms with Gasteiger partial charge in [-0.1, -0.05) is 45.0 Å². The summed E-state index contributed by atoms with van der Waals surface area (Å²) in [6.45, 7) is 3.40. The summed E-state index contributed by atoms with van der Waals surface area (Å²) in [5.41, 5.74) is 5.25. The number of benzene rings is 1. The van der Waals surface area contributed by atoms with E-state index in [2.05, 4.69) is 38.7 Å². The fraction of sp³-hybridized carbons (Fsp3) is 0.238. The van der Waals surface area contributed by atoms with Crippen molar-refractivity contribution in [3.8, 4) is 5.75 Å². The average molecular weight is 460 g/mol. The third-order valence-electron chi connectivity index (χ3n) is 4.53. The molecule has 1 amide bonds. The van der Waals surface area contributed by atoms with Crippen LogP contribution in [0.15, 0.2) is 46.6 Å². The van der Waals surface area contributed by atoms with Crippen molar-refractivity contribution in [3.05, 3.63) is 69.1 Å². The number of fused-ring (bicyclic) bond motifs is 1. The second-order valence-corrected chi connectivity index (χ2v) is 8.82. The molecule has 1 aromatic carbocycles. The molecule has 0 unspecified atom stereocenters. The van der Waals surface area contributed by atoms with Crippen LogP contribution in [-0.4, -0.2) is 27.6 Å². The van der Waals surface area contributed by atoms with Gasteiger partial charge in [0.1, 0.15) is 5.75 Å². The predicted octanol–water partition coefficient (Wildman–Crippen LogP) is 4.19. The zero-order chi connectivity index (χ0) is 17.9. The summed E-state index contributed by atoms with van der Waals surface area (Å²) >= 11 is -0.199. The van der Waals surface area contributed by atoms with Crippen LogP contribution in [0.1, 0.15) is 40.7 Å². The number of halogens is 1. The van der Waals surface area contributed by atoms with Gasteiger partial charge in [0, 0.05) is 33.4 Å². The van der Waals surface area contributed by atoms with E-state index in [1.54, 1.807) is 0 Å². The number of H-pyrrole nitrogens is 1. The lowest BCUT2D eigenvalue weighted by Crippen LogP contribution is -2.31. The number of aromatic amines is 1. The van der Waals surface area contributed by atoms with Crippen LogP contribution < -0.4 is 10.1 Å². The van der Waals surface area contributed by atoms with Gasteiger partial charge in [0.15, 0.2) is 0 Å². The highest BCUT2D eigenvalue weighted by molar-refractivity contribution is 14.2. The van der Waals surface area contributed by atoms with Gasteiger partial charge in [-0.2, -0.15) is 0 Å². The van der Waals surface area contributed by atoms with Crippen LogP contribution >= 0.6 is 20.7 Å². The molecule has 0 saturated carbocycles. The summed E-state index contributed by atoms with van der Waals surface area (Å²) in [7, 11) is 0. The molecule has 1 aromatic heterocycles. The number of amides is 1. The summed E-state index contributed by atoms with van der Waals surface area (Å²) in [4.78, 5) is 15.5. The van der Waals surface area contributed by atoms with Crippen molar-refractivity contribution < 1.29 is 9.53 Å². The lowest BCUT2D eigenvalue weighted by Gasteiger charge is -2.11. The molecule has 0 saturated heterocycles. The highest BCUT2D eigenvalue weighted by atomic mass is 127. The maximum absolute atomic E-state index is 12.0. The minimum absolute atomic E-state index is 0.0252. The number of aromatic nitrogens is 1. The molecule has 0 radical (unpaired) electrons. The van der Waals surface area contributed by atoms with Gasteiger partial charge in [0.2, 0.25) is 0 Å². The van der Waals surface area contributed by atoms with E-state index >= 15 is 0 Å². The second-order valence-electron chi connectivity index (χ2n) is 6.18. The van der Waals surface area contributed by atoms with E-state index in [1.807, 2.05) is 25.1 Å². The first kappa shape index (κ1) is 17.3. The first-order valence-corrected chi connectivity index (χ1v) is 11.2. The van der Waals surface area contributed by atoms with Crippen molar-refractivity contribution in [2.24, 2.45) is 0 Å². The first-order chi connectivity index (χ1) is 12.8. The molecule has 2 aromatic rings. The van der Waals surface area contributed by atoms with Crippen LogP contribution in [0.3, 0.4) is 0 Å². The molecule has 26 heavy (non-hydrogen) atoms. The van der Waals surface area contributed by atoms with Crippen LogP contribution in [0.2, 0.25) is 0 Å². The van der Waals surface area contributed by atoms with Crippen molar-refractivity contribution in [3.63, 3.8) is 0 Å². The predicted molar refractivity (Wildman–Crippen MR) is 114 cm³/mol. The number of ether oxygens (including phenoxy) is 1. The molecule has 0 atom stereocenters. The number of nitrogens with one attached hydrogen (secondary N) is 2. The first-order valence-electron chi connectivity index (χ1n) is 8.85. The Morgan fingerprint density at radius 2 is 2.12 bits per heavy atom. The molecule has 0 fully saturated rings. The second kappa shape index (κ2) is 7.61. The highest BCUT2D eigenvalue weighted by Crippen LogP contribution is 2.30. The van der Waals surface area contributed by atoms with Gasteiger partial charge < -0.3 is 15.0 Å². The third kappa shape index (κ3) is 3.40. The van der Waals surface area contributed by atoms with Crippen LogP contribution in [0.25, 0.3) is 5.57 Å². The summed E-state index contributed by atoms with van der Waals surface area (Å²) < 4.78 is 9.56. The van der Waals surface area contributed by atoms with E-state index in [0.717, 1.165) is 41.1 Å². The van der Waals surface area contributed by atoms with Gasteiger partial charge in [-0.05, 0) is 41.2 Å². The minimum Gasteiger partial charge on any atom is -0.493 e. The third-order valence-corrected chi connectivity index (χ3v) is 7.03. The van der Waals surface area contributed by atoms with Gasteiger partial charge >= 0.3 is 0 Å². The molecular formula is C21H21IN2O2. The molecule has 5 heteroatoms. The molecule has 2 aliphatic heterocycles. The number of hydrogen-bond acceptors (Lipinski definition) is 2. The van der Waals surface area contributed by atoms with Crippen molar-refractivity contribution in [2.45, 2.75) is 19.8 Å². The standard InChI is InChI=1S/C21H21IN2O2/c1-2-26-20-6-4-3-5-15(20)17-8-7-14(9-11-22-17)19-13-16-18(24-19)10-12-23-21(16)25/h3-7,9,11,13,24H,2,8,10,12H2,1H3,(H,23,25). The Labute approximate surface area is 163 Å². The Bertz CT molecular complexity index is 937. The Kier molecular flexibility index (Phi) is 5.06. The lowest BCUT2D eigenvalue weighted by atomic mass is 10.0. The van der Waals surface area contributed by atoms with Gasteiger partial charge in [-0.15, -0.1) is 0 Å². The van der Waals surface area contributed by atoms with E-state index < -0.39 is 0 Å². The molecule has 0 spiro atoms. The Balaban J connectivity index is 1.61. The van der Waals surface area contributed by atoms with Crippen LogP contribution in [0, 0.1) is 0 Å². The smallest absolute Gasteiger partial charge is 0.253 e. The topological polar surface area (TPSA) is 54.1 Å². The molecule has 0 aliphatic carbocycles. The minimum atomic E-state index is -0.199. The molecule has 3 heterocycles. The number of carbonyl (C=O) groups excluding carboxylic acids is 1. The van der Waals surface area contributed by atoms with Gasteiger partial charge in [0.05, 0.1) is 12.2 Å². The van der Waals surface area contributed by atoms with Crippen molar-refractivity contribution in [1.29, 1.82) is 0 Å². The Morgan fingerprint density at radius 1 is 1.23 bits per heavy atom. The molecule has 134 valence electrons. The lowest BCUT2D eigenvalue weighted by molar-refractivity contribution is 0.0946. The van der Waals surface area contributed by atoms with E-state index in [0.29, 0.717) is 13.2 Å². The fourth-order valence-corrected chi connectivity index (χ4v) is 5.53. The summed E-state index contributed by atoms with van der Waals surface area (Å²) in [5, 5.41) is 2.90. The maximum atomic E-state index is 12.0. The number of hydrogen-bond donors (Lipinski definition) is 2. The molecule has 4 nitrogen and oxygen atoms in total. The normalized spacial score (nSPS) is 16.6. The van der Waals surface area contributed by atoms with Crippen LogP contribution in [-0.2, 0) is 6.42 Å². The molecule has 0 bridgehead atoms. The summed E-state index contributed by atoms with van der Waals surface area (Å²) in [6.07, 6.45) is 6.23. The highest BCUT2D eigenvalue weighted by Gasteiger charge is 2.20.